The molecule has 416 valence electrons. The first-order chi connectivity index (χ1) is 37.7. The molecule has 0 aliphatic carbocycles. The molecule has 0 unspecified atom stereocenters. The molecule has 8 rings (SSSR count). The summed E-state index contributed by atoms with van der Waals surface area (Å²) >= 11 is 10.7. The summed E-state index contributed by atoms with van der Waals surface area (Å²) in [7, 11) is 0. The van der Waals surface area contributed by atoms with E-state index in [0.717, 1.165) is 34.4 Å². The number of nitriles is 3. The number of ether oxygens (including phenoxy) is 1. The maximum atomic E-state index is 13.1. The van der Waals surface area contributed by atoms with Crippen molar-refractivity contribution in [2.75, 3.05) is 23.1 Å². The molecule has 0 radical (unpaired) electrons. The molecule has 2 aliphatic rings. The number of rotatable bonds is 6. The number of hydrogen-bond donors (Lipinski definition) is 4. The van der Waals surface area contributed by atoms with Gasteiger partial charge < -0.3 is 32.2 Å². The monoisotopic (exact) mass is 1130 g/mol. The Labute approximate surface area is 485 Å². The lowest BCUT2D eigenvalue weighted by atomic mass is 9.85. The molecule has 0 atom stereocenters. The van der Waals surface area contributed by atoms with Gasteiger partial charge in [0.15, 0.2) is 10.3 Å². The van der Waals surface area contributed by atoms with E-state index in [1.807, 2.05) is 140 Å². The molecule has 7 N–H and O–H groups in total. The molecular formula is C62H70N10O5S3. The summed E-state index contributed by atoms with van der Waals surface area (Å²) in [4.78, 5) is 52.7. The number of benzene rings is 5. The van der Waals surface area contributed by atoms with Crippen molar-refractivity contribution in [3.8, 4) is 29.5 Å². The first kappa shape index (κ1) is 65.8. The van der Waals surface area contributed by atoms with Gasteiger partial charge in [0.05, 0.1) is 29.2 Å². The number of carbonyl (C=O) groups is 3. The standard InChI is InChI=1S/C23H22N4OS.C16H16N2OS.C11H14O.C6H7N.C5H7NO2.CH4N2S/c1-23(2,3)17-11-9-16(10-12-17)20-19(13-24)21(28)27-14-26(15-29-22(27)25-20)18-7-5-4-6-8-18;1-16(2,3)11-6-4-10(5-7-11)12-8-14(20)18-15(19)13(12)9-17;1-11(2,3)10-6-4-9(8-12)5-7-10;7-6-4-2-1-3-5-6;1-2-8-5(7)3-4-6;2-1(3)4/h4-12H,14-15H2,1-3H3;4-7H,8H2,1-3H3,(H,18,19,20);4-8H,1-3H3;1-5H,7H2;2-3H2,1H3;(H4,2,3,4). The third-order valence-electron chi connectivity index (χ3n) is 11.6. The number of nitrogen functional groups attached to an aromatic ring is 1. The zero-order valence-corrected chi connectivity index (χ0v) is 49.4. The average molecular weight is 1130 g/mol. The van der Waals surface area contributed by atoms with Gasteiger partial charge in [-0.05, 0) is 87.5 Å². The highest BCUT2D eigenvalue weighted by Crippen LogP contribution is 2.32. The second-order valence-corrected chi connectivity index (χ2v) is 22.7. The number of aldehydes is 1. The van der Waals surface area contributed by atoms with E-state index in [1.165, 1.54) is 28.5 Å². The minimum absolute atomic E-state index is 0.000000000000000222. The Hall–Kier alpha value is -8.47. The maximum absolute atomic E-state index is 13.1. The van der Waals surface area contributed by atoms with Gasteiger partial charge in [-0.1, -0.05) is 195 Å². The smallest absolute Gasteiger partial charge is 0.320 e. The van der Waals surface area contributed by atoms with Crippen LogP contribution in [0.4, 0.5) is 11.4 Å². The third-order valence-corrected chi connectivity index (χ3v) is 12.9. The molecule has 0 bridgehead atoms. The Kier molecular flexibility index (Phi) is 25.7. The van der Waals surface area contributed by atoms with Gasteiger partial charge in [0.25, 0.3) is 11.5 Å². The second-order valence-electron chi connectivity index (χ2n) is 20.9. The van der Waals surface area contributed by atoms with Gasteiger partial charge in [0, 0.05) is 28.9 Å². The van der Waals surface area contributed by atoms with Crippen molar-refractivity contribution in [3.63, 3.8) is 0 Å². The van der Waals surface area contributed by atoms with Gasteiger partial charge in [-0.15, -0.1) is 0 Å². The Morgan fingerprint density at radius 1 is 0.750 bits per heavy atom. The number of amides is 1. The van der Waals surface area contributed by atoms with Crippen molar-refractivity contribution in [3.05, 3.63) is 183 Å². The number of fused-ring (bicyclic) bond motifs is 1. The number of carbonyl (C=O) groups excluding carboxylic acids is 3. The molecule has 6 aromatic rings. The molecular weight excluding hydrogens is 1060 g/mol. The van der Waals surface area contributed by atoms with Gasteiger partial charge in [-0.2, -0.15) is 15.8 Å². The fourth-order valence-electron chi connectivity index (χ4n) is 7.30. The summed E-state index contributed by atoms with van der Waals surface area (Å²) in [5.41, 5.74) is 23.9. The third kappa shape index (κ3) is 21.1. The first-order valence-corrected chi connectivity index (χ1v) is 27.1. The number of para-hydroxylation sites is 2. The van der Waals surface area contributed by atoms with Crippen LogP contribution in [-0.4, -0.2) is 50.3 Å². The minimum atomic E-state index is -0.449. The van der Waals surface area contributed by atoms with Gasteiger partial charge in [-0.25, -0.2) is 4.98 Å². The van der Waals surface area contributed by atoms with Crippen molar-refractivity contribution in [2.45, 2.75) is 110 Å². The van der Waals surface area contributed by atoms with Crippen LogP contribution in [0.15, 0.2) is 149 Å². The number of nitrogens with two attached hydrogens (primary N) is 3. The SMILES string of the molecule is CC(C)(C)c1ccc(-c2nc3n(c(=O)c2C#N)CN(c2ccccc2)CS3)cc1.CC(C)(C)c1ccc(C2=C(C#N)C(=O)NC(=S)C2)cc1.CC(C)(C)c1ccc(C=O)cc1.CCOC(=O)CC#N.NC(N)=S.Nc1ccccc1. The quantitative estimate of drug-likeness (QED) is 0.0397. The van der Waals surface area contributed by atoms with E-state index in [1.54, 1.807) is 17.6 Å². The van der Waals surface area contributed by atoms with Crippen molar-refractivity contribution in [1.29, 1.82) is 15.8 Å². The van der Waals surface area contributed by atoms with Crippen LogP contribution in [0.1, 0.15) is 120 Å². The fraction of sp³-hybridized carbons (Fsp3) is 0.290. The van der Waals surface area contributed by atoms with Crippen molar-refractivity contribution in [1.82, 2.24) is 14.9 Å². The Morgan fingerprint density at radius 2 is 1.23 bits per heavy atom. The Morgan fingerprint density at radius 3 is 1.64 bits per heavy atom. The molecule has 15 nitrogen and oxygen atoms in total. The number of thioether (sulfide) groups is 1. The van der Waals surface area contributed by atoms with Crippen LogP contribution < -0.4 is 33.0 Å². The number of nitrogens with zero attached hydrogens (tertiary/aromatic N) is 6. The summed E-state index contributed by atoms with van der Waals surface area (Å²) in [5.74, 6) is -0.154. The lowest BCUT2D eigenvalue weighted by Crippen LogP contribution is -2.38. The van der Waals surface area contributed by atoms with Crippen LogP contribution in [0.5, 0.6) is 0 Å². The number of aromatic nitrogens is 2. The zero-order chi connectivity index (χ0) is 59.8. The molecule has 18 heteroatoms. The summed E-state index contributed by atoms with van der Waals surface area (Å²) in [6, 6.07) is 48.8. The molecule has 1 amide bonds. The van der Waals surface area contributed by atoms with Crippen LogP contribution >= 0.6 is 36.2 Å². The number of esters is 1. The molecule has 1 aromatic heterocycles. The first-order valence-electron chi connectivity index (χ1n) is 25.3. The van der Waals surface area contributed by atoms with Gasteiger partial charge in [0.2, 0.25) is 0 Å². The van der Waals surface area contributed by atoms with Gasteiger partial charge in [0.1, 0.15) is 42.7 Å². The largest absolute Gasteiger partial charge is 0.465 e. The molecule has 3 heterocycles. The van der Waals surface area contributed by atoms with Crippen molar-refractivity contribution < 1.29 is 19.1 Å². The van der Waals surface area contributed by atoms with Crippen LogP contribution in [-0.2, 0) is 37.2 Å². The number of anilines is 2. The number of nitrogens with one attached hydrogen (secondary N) is 1. The predicted octanol–water partition coefficient (Wildman–Crippen LogP) is 11.4. The second kappa shape index (κ2) is 31.2. The lowest BCUT2D eigenvalue weighted by molar-refractivity contribution is -0.141. The molecule has 5 aromatic carbocycles. The van der Waals surface area contributed by atoms with Gasteiger partial charge in [-0.3, -0.25) is 23.7 Å². The minimum Gasteiger partial charge on any atom is -0.465 e. The Bertz CT molecular complexity index is 3280. The zero-order valence-electron chi connectivity index (χ0n) is 47.0. The highest BCUT2D eigenvalue weighted by Gasteiger charge is 2.26. The molecule has 0 saturated heterocycles. The van der Waals surface area contributed by atoms with Crippen molar-refractivity contribution in [2.24, 2.45) is 11.5 Å². The highest BCUT2D eigenvalue weighted by atomic mass is 32.2. The van der Waals surface area contributed by atoms with Crippen molar-refractivity contribution >= 4 is 81.4 Å². The summed E-state index contributed by atoms with van der Waals surface area (Å²) in [6.45, 7) is 21.8. The van der Waals surface area contributed by atoms with E-state index in [2.05, 4.69) is 107 Å². The predicted molar refractivity (Wildman–Crippen MR) is 329 cm³/mol. The van der Waals surface area contributed by atoms with Crippen LogP contribution in [0.2, 0.25) is 0 Å². The van der Waals surface area contributed by atoms with E-state index in [-0.39, 0.29) is 44.5 Å². The number of thiocarbonyl (C=S) groups is 2. The molecule has 0 fully saturated rings. The molecule has 0 saturated carbocycles. The van der Waals surface area contributed by atoms with Crippen LogP contribution in [0.25, 0.3) is 16.8 Å². The van der Waals surface area contributed by atoms with E-state index >= 15 is 0 Å². The summed E-state index contributed by atoms with van der Waals surface area (Å²) < 4.78 is 6.01. The fourth-order valence-corrected chi connectivity index (χ4v) is 8.49. The van der Waals surface area contributed by atoms with Crippen LogP contribution in [0, 0.1) is 34.0 Å². The van der Waals surface area contributed by atoms with E-state index in [9.17, 15) is 24.4 Å². The van der Waals surface area contributed by atoms with E-state index in [4.69, 9.17) is 33.5 Å². The average Bonchev–Trinajstić information content (AvgIpc) is 3.53. The topological polar surface area (TPSA) is 260 Å². The van der Waals surface area contributed by atoms with E-state index in [0.29, 0.717) is 47.0 Å². The summed E-state index contributed by atoms with van der Waals surface area (Å²) in [6.07, 6.45) is 1.15. The number of hydrogen-bond acceptors (Lipinski definition) is 14. The summed E-state index contributed by atoms with van der Waals surface area (Å²) in [5, 5.41) is 29.9. The van der Waals surface area contributed by atoms with E-state index < -0.39 is 11.9 Å². The molecule has 80 heavy (non-hydrogen) atoms. The Balaban J connectivity index is 0.000000284. The maximum Gasteiger partial charge on any atom is 0.320 e. The van der Waals surface area contributed by atoms with Gasteiger partial charge >= 0.3 is 5.97 Å². The lowest BCUT2D eigenvalue weighted by Gasteiger charge is -2.30. The highest BCUT2D eigenvalue weighted by molar-refractivity contribution is 7.99. The normalized spacial score (nSPS) is 12.4. The molecule has 2 aliphatic heterocycles. The van der Waals surface area contributed by atoms with Crippen LogP contribution in [0.3, 0.4) is 0 Å². The molecule has 0 spiro atoms.